The van der Waals surface area contributed by atoms with Crippen LogP contribution < -0.4 is 0 Å². The first kappa shape index (κ1) is 18.2. The predicted octanol–water partition coefficient (Wildman–Crippen LogP) is 3.86. The third-order valence-corrected chi connectivity index (χ3v) is 5.88. The number of aryl methyl sites for hydroxylation is 1. The molecule has 0 aliphatic heterocycles. The Morgan fingerprint density at radius 2 is 2.20 bits per heavy atom. The van der Waals surface area contributed by atoms with Crippen LogP contribution in [0.25, 0.3) is 0 Å². The number of rotatable bonds is 4. The van der Waals surface area contributed by atoms with Gasteiger partial charge >= 0.3 is 0 Å². The van der Waals surface area contributed by atoms with Gasteiger partial charge in [-0.05, 0) is 38.5 Å². The Bertz CT molecular complexity index is 719. The monoisotopic (exact) mass is 345 g/mol. The molecule has 0 radical (unpaired) electrons. The van der Waals surface area contributed by atoms with E-state index in [9.17, 15) is 0 Å². The molecule has 0 bridgehead atoms. The highest BCUT2D eigenvalue weighted by Gasteiger charge is 2.47. The average molecular weight is 345 g/mol. The Morgan fingerprint density at radius 3 is 2.96 bits per heavy atom. The number of hydrogen-bond donors (Lipinski definition) is 0. The van der Waals surface area contributed by atoms with Crippen molar-refractivity contribution in [2.75, 3.05) is 13.7 Å². The molecule has 138 valence electrons. The highest BCUT2D eigenvalue weighted by molar-refractivity contribution is 5.36. The fourth-order valence-corrected chi connectivity index (χ4v) is 4.58. The van der Waals surface area contributed by atoms with Gasteiger partial charge in [-0.25, -0.2) is 4.98 Å². The van der Waals surface area contributed by atoms with Crippen LogP contribution in [0.15, 0.2) is 10.7 Å². The van der Waals surface area contributed by atoms with Crippen LogP contribution in [-0.4, -0.2) is 28.4 Å². The molecule has 0 amide bonds. The minimum atomic E-state index is 0.114. The molecule has 2 aromatic heterocycles. The average Bonchev–Trinajstić information content (AvgIpc) is 3.19. The molecule has 5 nitrogen and oxygen atoms in total. The molecule has 0 fully saturated rings. The van der Waals surface area contributed by atoms with Crippen LogP contribution in [0.1, 0.15) is 62.1 Å². The van der Waals surface area contributed by atoms with E-state index >= 15 is 0 Å². The van der Waals surface area contributed by atoms with E-state index in [-0.39, 0.29) is 5.41 Å². The molecule has 25 heavy (non-hydrogen) atoms. The summed E-state index contributed by atoms with van der Waals surface area (Å²) in [6, 6.07) is 0. The summed E-state index contributed by atoms with van der Waals surface area (Å²) in [6.45, 7) is 10.3. The van der Waals surface area contributed by atoms with Gasteiger partial charge in [0.2, 0.25) is 0 Å². The van der Waals surface area contributed by atoms with Gasteiger partial charge in [0, 0.05) is 43.4 Å². The molecule has 0 N–H and O–H groups in total. The third-order valence-electron chi connectivity index (χ3n) is 5.88. The van der Waals surface area contributed by atoms with Gasteiger partial charge in [-0.1, -0.05) is 25.9 Å². The lowest BCUT2D eigenvalue weighted by molar-refractivity contribution is 0.188. The second-order valence-electron chi connectivity index (χ2n) is 7.26. The number of fused-ring (bicyclic) bond motifs is 4. The number of imidazole rings is 1. The largest absolute Gasteiger partial charge is 0.385 e. The minimum Gasteiger partial charge on any atom is -0.385 e. The van der Waals surface area contributed by atoms with Crippen LogP contribution >= 0.6 is 0 Å². The number of hydrogen-bond acceptors (Lipinski definition) is 4. The van der Waals surface area contributed by atoms with E-state index in [1.807, 2.05) is 20.0 Å². The van der Waals surface area contributed by atoms with Crippen LogP contribution in [0.4, 0.5) is 0 Å². The van der Waals surface area contributed by atoms with Gasteiger partial charge in [0.1, 0.15) is 11.6 Å². The lowest BCUT2D eigenvalue weighted by atomic mass is 9.61. The van der Waals surface area contributed by atoms with E-state index in [0.29, 0.717) is 5.92 Å². The van der Waals surface area contributed by atoms with Crippen molar-refractivity contribution in [3.63, 3.8) is 0 Å². The molecule has 4 rings (SSSR count). The van der Waals surface area contributed by atoms with Crippen LogP contribution in [0, 0.1) is 12.8 Å². The zero-order chi connectivity index (χ0) is 18.0. The molecular weight excluding hydrogens is 314 g/mol. The molecule has 2 heterocycles. The first-order chi connectivity index (χ1) is 12.1. The van der Waals surface area contributed by atoms with Gasteiger partial charge in [0.15, 0.2) is 0 Å². The summed E-state index contributed by atoms with van der Waals surface area (Å²) >= 11 is 0. The van der Waals surface area contributed by atoms with Gasteiger partial charge in [-0.2, -0.15) is 0 Å². The predicted molar refractivity (Wildman–Crippen MR) is 97.9 cm³/mol. The second-order valence-corrected chi connectivity index (χ2v) is 7.26. The quantitative estimate of drug-likeness (QED) is 0.790. The van der Waals surface area contributed by atoms with Crippen molar-refractivity contribution in [2.45, 2.75) is 71.8 Å². The third kappa shape index (κ3) is 3.03. The van der Waals surface area contributed by atoms with E-state index < -0.39 is 0 Å². The summed E-state index contributed by atoms with van der Waals surface area (Å²) in [4.78, 5) is 5.01. The lowest BCUT2D eigenvalue weighted by Gasteiger charge is -2.43. The van der Waals surface area contributed by atoms with E-state index in [4.69, 9.17) is 14.2 Å². The van der Waals surface area contributed by atoms with E-state index in [1.54, 1.807) is 7.11 Å². The van der Waals surface area contributed by atoms with Gasteiger partial charge in [0.25, 0.3) is 0 Å². The fourth-order valence-electron chi connectivity index (χ4n) is 4.58. The van der Waals surface area contributed by atoms with Crippen molar-refractivity contribution < 1.29 is 9.26 Å². The summed E-state index contributed by atoms with van der Waals surface area (Å²) in [5.74, 6) is 2.84. The van der Waals surface area contributed by atoms with Crippen LogP contribution in [0.5, 0.6) is 0 Å². The first-order valence-electron chi connectivity index (χ1n) is 9.61. The number of methoxy groups -OCH3 is 1. The maximum Gasteiger partial charge on any atom is 0.140 e. The smallest absolute Gasteiger partial charge is 0.140 e. The standard InChI is InChI=1S/C18H25N3O2.C2H6/c1-12-20-17-15(21(12)7-4-8-22-3)6-5-14-9-16-13(11-19-23-16)10-18(14,17)2;1-2/h11,14H,4-10H2,1-3H3;1-2H3. The minimum absolute atomic E-state index is 0.114. The van der Waals surface area contributed by atoms with E-state index in [1.165, 1.54) is 23.4 Å². The van der Waals surface area contributed by atoms with Crippen LogP contribution in [0.2, 0.25) is 0 Å². The Hall–Kier alpha value is -1.62. The Kier molecular flexibility index (Phi) is 5.32. The Balaban J connectivity index is 0.000000880. The van der Waals surface area contributed by atoms with Crippen molar-refractivity contribution >= 4 is 0 Å². The van der Waals surface area contributed by atoms with Crippen molar-refractivity contribution in [1.29, 1.82) is 0 Å². The van der Waals surface area contributed by atoms with Crippen molar-refractivity contribution in [1.82, 2.24) is 14.7 Å². The zero-order valence-corrected chi connectivity index (χ0v) is 16.3. The summed E-state index contributed by atoms with van der Waals surface area (Å²) in [5.41, 5.74) is 4.14. The Morgan fingerprint density at radius 1 is 1.40 bits per heavy atom. The molecule has 2 aliphatic carbocycles. The lowest BCUT2D eigenvalue weighted by Crippen LogP contribution is -2.43. The summed E-state index contributed by atoms with van der Waals surface area (Å²) in [6.07, 6.45) is 7.26. The molecular formula is C20H31N3O2. The molecule has 5 heteroatoms. The molecule has 0 saturated heterocycles. The fraction of sp³-hybridized carbons (Fsp3) is 0.700. The molecule has 2 unspecified atom stereocenters. The van der Waals surface area contributed by atoms with Crippen LogP contribution in [-0.2, 0) is 36.0 Å². The number of nitrogens with zero attached hydrogens (tertiary/aromatic N) is 3. The highest BCUT2D eigenvalue weighted by atomic mass is 16.5. The maximum atomic E-state index is 5.44. The van der Waals surface area contributed by atoms with Crippen molar-refractivity contribution in [3.05, 3.63) is 34.7 Å². The summed E-state index contributed by atoms with van der Waals surface area (Å²) in [5, 5.41) is 4.01. The summed E-state index contributed by atoms with van der Waals surface area (Å²) < 4.78 is 13.1. The van der Waals surface area contributed by atoms with Gasteiger partial charge < -0.3 is 13.8 Å². The highest BCUT2D eigenvalue weighted by Crippen LogP contribution is 2.48. The first-order valence-corrected chi connectivity index (χ1v) is 9.61. The number of aromatic nitrogens is 3. The van der Waals surface area contributed by atoms with Crippen molar-refractivity contribution in [2.24, 2.45) is 5.92 Å². The molecule has 0 spiro atoms. The maximum absolute atomic E-state index is 5.44. The van der Waals surface area contributed by atoms with Gasteiger partial charge in [-0.3, -0.25) is 0 Å². The summed E-state index contributed by atoms with van der Waals surface area (Å²) in [7, 11) is 1.76. The molecule has 0 aromatic carbocycles. The van der Waals surface area contributed by atoms with Gasteiger partial charge in [0.05, 0.1) is 11.9 Å². The van der Waals surface area contributed by atoms with Crippen LogP contribution in [0.3, 0.4) is 0 Å². The SMILES string of the molecule is CC.COCCCn1c(C)nc2c1CCC1Cc3oncc3CC21C. The Labute approximate surface area is 150 Å². The van der Waals surface area contributed by atoms with E-state index in [0.717, 1.165) is 50.4 Å². The van der Waals surface area contributed by atoms with Crippen molar-refractivity contribution in [3.8, 4) is 0 Å². The van der Waals surface area contributed by atoms with E-state index in [2.05, 4.69) is 23.6 Å². The number of ether oxygens (including phenoxy) is 1. The molecule has 2 atom stereocenters. The second kappa shape index (κ2) is 7.32. The molecule has 2 aromatic rings. The molecule has 2 aliphatic rings. The zero-order valence-electron chi connectivity index (χ0n) is 16.3. The normalized spacial score (nSPS) is 24.0. The van der Waals surface area contributed by atoms with Gasteiger partial charge in [-0.15, -0.1) is 0 Å². The molecule has 0 saturated carbocycles. The topological polar surface area (TPSA) is 53.1 Å².